The van der Waals surface area contributed by atoms with Gasteiger partial charge in [0.25, 0.3) is 0 Å². The fourth-order valence-electron chi connectivity index (χ4n) is 1.31. The number of benzene rings is 1. The molecule has 0 saturated carbocycles. The summed E-state index contributed by atoms with van der Waals surface area (Å²) in [5.74, 6) is 0.921. The Balaban J connectivity index is 1.76. The quantitative estimate of drug-likeness (QED) is 0.665. The smallest absolute Gasteiger partial charge is 0.114 e. The molecule has 2 aromatic rings. The van der Waals surface area contributed by atoms with Gasteiger partial charge in [0.1, 0.15) is 5.03 Å². The zero-order valence-corrected chi connectivity index (χ0v) is 10.7. The SMILES string of the molecule is Clc1ccccc1NCCSc1cnccn1. The Morgan fingerprint density at radius 3 is 2.88 bits per heavy atom. The summed E-state index contributed by atoms with van der Waals surface area (Å²) in [7, 11) is 0. The zero-order chi connectivity index (χ0) is 11.9. The molecule has 1 N–H and O–H groups in total. The van der Waals surface area contributed by atoms with E-state index in [0.29, 0.717) is 0 Å². The lowest BCUT2D eigenvalue weighted by Gasteiger charge is -2.07. The van der Waals surface area contributed by atoms with Crippen LogP contribution >= 0.6 is 23.4 Å². The number of nitrogens with one attached hydrogen (secondary N) is 1. The molecule has 0 aliphatic heterocycles. The second-order valence-corrected chi connectivity index (χ2v) is 4.82. The molecule has 88 valence electrons. The summed E-state index contributed by atoms with van der Waals surface area (Å²) in [5.41, 5.74) is 0.967. The first kappa shape index (κ1) is 12.2. The van der Waals surface area contributed by atoms with Crippen molar-refractivity contribution >= 4 is 29.1 Å². The Kier molecular flexibility index (Phi) is 4.64. The maximum absolute atomic E-state index is 6.03. The summed E-state index contributed by atoms with van der Waals surface area (Å²) in [6, 6.07) is 7.72. The van der Waals surface area contributed by atoms with E-state index in [1.165, 1.54) is 0 Å². The molecule has 0 unspecified atom stereocenters. The average molecular weight is 266 g/mol. The summed E-state index contributed by atoms with van der Waals surface area (Å²) >= 11 is 7.69. The largest absolute Gasteiger partial charge is 0.383 e. The third-order valence-electron chi connectivity index (χ3n) is 2.08. The van der Waals surface area contributed by atoms with Gasteiger partial charge in [0, 0.05) is 24.7 Å². The number of hydrogen-bond donors (Lipinski definition) is 1. The molecule has 0 atom stereocenters. The third kappa shape index (κ3) is 3.91. The number of thioether (sulfide) groups is 1. The molecule has 0 fully saturated rings. The molecule has 0 spiro atoms. The van der Waals surface area contributed by atoms with Crippen molar-refractivity contribution in [1.82, 2.24) is 9.97 Å². The molecule has 0 bridgehead atoms. The van der Waals surface area contributed by atoms with Crippen LogP contribution in [0.25, 0.3) is 0 Å². The molecule has 1 aromatic heterocycles. The molecular formula is C12H12ClN3S. The molecule has 1 heterocycles. The predicted octanol–water partition coefficient (Wildman–Crippen LogP) is 3.33. The number of rotatable bonds is 5. The number of anilines is 1. The van der Waals surface area contributed by atoms with Gasteiger partial charge in [-0.05, 0) is 12.1 Å². The van der Waals surface area contributed by atoms with Gasteiger partial charge in [-0.3, -0.25) is 4.98 Å². The molecule has 5 heteroatoms. The highest BCUT2D eigenvalue weighted by atomic mass is 35.5. The molecule has 0 amide bonds. The number of nitrogens with zero attached hydrogens (tertiary/aromatic N) is 2. The number of para-hydroxylation sites is 1. The van der Waals surface area contributed by atoms with E-state index in [9.17, 15) is 0 Å². The van der Waals surface area contributed by atoms with Gasteiger partial charge >= 0.3 is 0 Å². The van der Waals surface area contributed by atoms with Gasteiger partial charge in [0.15, 0.2) is 0 Å². The minimum absolute atomic E-state index is 0.747. The predicted molar refractivity (Wildman–Crippen MR) is 72.7 cm³/mol. The van der Waals surface area contributed by atoms with Gasteiger partial charge in [0.05, 0.1) is 16.9 Å². The van der Waals surface area contributed by atoms with Crippen LogP contribution in [0.5, 0.6) is 0 Å². The van der Waals surface area contributed by atoms with Crippen LogP contribution in [0.4, 0.5) is 5.69 Å². The van der Waals surface area contributed by atoms with E-state index >= 15 is 0 Å². The second kappa shape index (κ2) is 6.47. The first-order valence-electron chi connectivity index (χ1n) is 5.23. The maximum Gasteiger partial charge on any atom is 0.114 e. The van der Waals surface area contributed by atoms with Gasteiger partial charge in [-0.1, -0.05) is 23.7 Å². The summed E-state index contributed by atoms with van der Waals surface area (Å²) in [6.07, 6.45) is 5.13. The van der Waals surface area contributed by atoms with Gasteiger partial charge < -0.3 is 5.32 Å². The van der Waals surface area contributed by atoms with Crippen LogP contribution in [-0.4, -0.2) is 22.3 Å². The van der Waals surface area contributed by atoms with E-state index in [2.05, 4.69) is 15.3 Å². The van der Waals surface area contributed by atoms with Crippen molar-refractivity contribution in [2.24, 2.45) is 0 Å². The highest BCUT2D eigenvalue weighted by molar-refractivity contribution is 7.99. The molecule has 0 aliphatic rings. The zero-order valence-electron chi connectivity index (χ0n) is 9.14. The molecule has 0 saturated heterocycles. The standard InChI is InChI=1S/C12H12ClN3S/c13-10-3-1-2-4-11(10)15-7-8-17-12-9-14-5-6-16-12/h1-6,9,15H,7-8H2. The average Bonchev–Trinajstić information content (AvgIpc) is 2.38. The third-order valence-corrected chi connectivity index (χ3v) is 3.33. The van der Waals surface area contributed by atoms with Crippen molar-refractivity contribution in [1.29, 1.82) is 0 Å². The normalized spacial score (nSPS) is 10.2. The van der Waals surface area contributed by atoms with Crippen molar-refractivity contribution in [2.75, 3.05) is 17.6 Å². The van der Waals surface area contributed by atoms with E-state index in [1.807, 2.05) is 24.3 Å². The van der Waals surface area contributed by atoms with Crippen molar-refractivity contribution in [3.8, 4) is 0 Å². The number of aromatic nitrogens is 2. The summed E-state index contributed by atoms with van der Waals surface area (Å²) in [6.45, 7) is 0.838. The second-order valence-electron chi connectivity index (χ2n) is 3.30. The fourth-order valence-corrected chi connectivity index (χ4v) is 2.19. The first-order chi connectivity index (χ1) is 8.36. The highest BCUT2D eigenvalue weighted by Crippen LogP contribution is 2.20. The summed E-state index contributed by atoms with van der Waals surface area (Å²) < 4.78 is 0. The minimum Gasteiger partial charge on any atom is -0.383 e. The van der Waals surface area contributed by atoms with Crippen molar-refractivity contribution < 1.29 is 0 Å². The Morgan fingerprint density at radius 2 is 2.12 bits per heavy atom. The summed E-state index contributed by atoms with van der Waals surface area (Å²) in [5, 5.41) is 4.97. The molecule has 1 aromatic carbocycles. The van der Waals surface area contributed by atoms with E-state index in [4.69, 9.17) is 11.6 Å². The molecule has 0 aliphatic carbocycles. The maximum atomic E-state index is 6.03. The lowest BCUT2D eigenvalue weighted by atomic mass is 10.3. The highest BCUT2D eigenvalue weighted by Gasteiger charge is 1.98. The minimum atomic E-state index is 0.747. The van der Waals surface area contributed by atoms with Crippen molar-refractivity contribution in [3.63, 3.8) is 0 Å². The van der Waals surface area contributed by atoms with Crippen LogP contribution in [0, 0.1) is 0 Å². The van der Waals surface area contributed by atoms with E-state index in [0.717, 1.165) is 28.0 Å². The van der Waals surface area contributed by atoms with Crippen LogP contribution in [0.15, 0.2) is 47.9 Å². The first-order valence-corrected chi connectivity index (χ1v) is 6.60. The van der Waals surface area contributed by atoms with Gasteiger partial charge in [-0.2, -0.15) is 0 Å². The molecular weight excluding hydrogens is 254 g/mol. The lowest BCUT2D eigenvalue weighted by Crippen LogP contribution is -2.04. The summed E-state index contributed by atoms with van der Waals surface area (Å²) in [4.78, 5) is 8.20. The molecule has 2 rings (SSSR count). The van der Waals surface area contributed by atoms with Crippen LogP contribution < -0.4 is 5.32 Å². The van der Waals surface area contributed by atoms with E-state index < -0.39 is 0 Å². The Labute approximate surface area is 110 Å². The molecule has 3 nitrogen and oxygen atoms in total. The Bertz CT molecular complexity index is 464. The van der Waals surface area contributed by atoms with Crippen LogP contribution in [-0.2, 0) is 0 Å². The van der Waals surface area contributed by atoms with E-state index in [1.54, 1.807) is 30.4 Å². The van der Waals surface area contributed by atoms with Crippen LogP contribution in [0.3, 0.4) is 0 Å². The van der Waals surface area contributed by atoms with E-state index in [-0.39, 0.29) is 0 Å². The molecule has 17 heavy (non-hydrogen) atoms. The van der Waals surface area contributed by atoms with Crippen molar-refractivity contribution in [2.45, 2.75) is 5.03 Å². The van der Waals surface area contributed by atoms with Crippen LogP contribution in [0.2, 0.25) is 5.02 Å². The van der Waals surface area contributed by atoms with Gasteiger partial charge in [-0.25, -0.2) is 4.98 Å². The molecule has 0 radical (unpaired) electrons. The number of hydrogen-bond acceptors (Lipinski definition) is 4. The van der Waals surface area contributed by atoms with Crippen molar-refractivity contribution in [3.05, 3.63) is 47.9 Å². The van der Waals surface area contributed by atoms with Crippen LogP contribution in [0.1, 0.15) is 0 Å². The Hall–Kier alpha value is -1.26. The van der Waals surface area contributed by atoms with Gasteiger partial charge in [-0.15, -0.1) is 11.8 Å². The van der Waals surface area contributed by atoms with Gasteiger partial charge in [0.2, 0.25) is 0 Å². The lowest BCUT2D eigenvalue weighted by molar-refractivity contribution is 1.05. The topological polar surface area (TPSA) is 37.8 Å². The monoisotopic (exact) mass is 265 g/mol. The fraction of sp³-hybridized carbons (Fsp3) is 0.167. The Morgan fingerprint density at radius 1 is 1.24 bits per heavy atom. The number of halogens is 1.